The van der Waals surface area contributed by atoms with Gasteiger partial charge in [-0.25, -0.2) is 0 Å². The van der Waals surface area contributed by atoms with E-state index in [1.807, 2.05) is 6.92 Å². The van der Waals surface area contributed by atoms with Crippen LogP contribution in [0.1, 0.15) is 26.2 Å². The normalized spacial score (nSPS) is 28.1. The molecular weight excluding hydrogens is 222 g/mol. The number of likely N-dealkylation sites (N-methyl/N-ethyl adjacent to an activating group) is 1. The maximum atomic E-state index is 12.1. The summed E-state index contributed by atoms with van der Waals surface area (Å²) >= 11 is 0. The molecule has 1 amide bonds. The van der Waals surface area contributed by atoms with Gasteiger partial charge in [-0.1, -0.05) is 13.3 Å². The number of amides is 1. The van der Waals surface area contributed by atoms with Crippen LogP contribution >= 0.6 is 0 Å². The van der Waals surface area contributed by atoms with Gasteiger partial charge in [-0.15, -0.1) is 0 Å². The fourth-order valence-electron chi connectivity index (χ4n) is 2.57. The van der Waals surface area contributed by atoms with Crippen LogP contribution in [0.4, 0.5) is 0 Å². The smallest absolute Gasteiger partial charge is 0.307 e. The van der Waals surface area contributed by atoms with Gasteiger partial charge in [-0.3, -0.25) is 9.59 Å². The number of carbonyl (C=O) groups is 2. The number of hydrogen-bond donors (Lipinski definition) is 2. The Kier molecular flexibility index (Phi) is 4.93. The predicted octanol–water partition coefficient (Wildman–Crippen LogP) is 0.574. The van der Waals surface area contributed by atoms with E-state index >= 15 is 0 Å². The Morgan fingerprint density at radius 3 is 2.35 bits per heavy atom. The monoisotopic (exact) mass is 243 g/mol. The second-order valence-electron chi connectivity index (χ2n) is 4.78. The number of hydrogen-bond acceptors (Lipinski definition) is 3. The number of carbonyl (C=O) groups excluding carboxylic acids is 1. The molecule has 2 N–H and O–H groups in total. The zero-order chi connectivity index (χ0) is 13.0. The second kappa shape index (κ2) is 6.00. The van der Waals surface area contributed by atoms with Crippen molar-refractivity contribution in [2.75, 3.05) is 20.2 Å². The molecular formula is C12H21NO4. The van der Waals surface area contributed by atoms with Crippen LogP contribution in [0.25, 0.3) is 0 Å². The van der Waals surface area contributed by atoms with E-state index in [0.717, 1.165) is 6.42 Å². The summed E-state index contributed by atoms with van der Waals surface area (Å²) < 4.78 is 0. The van der Waals surface area contributed by atoms with Gasteiger partial charge in [0.15, 0.2) is 0 Å². The highest BCUT2D eigenvalue weighted by molar-refractivity contribution is 5.85. The molecule has 0 radical (unpaired) electrons. The molecule has 5 nitrogen and oxygen atoms in total. The van der Waals surface area contributed by atoms with Crippen LogP contribution in [-0.2, 0) is 9.59 Å². The first-order valence-electron chi connectivity index (χ1n) is 6.09. The molecule has 0 aliphatic heterocycles. The molecule has 1 rings (SSSR count). The summed E-state index contributed by atoms with van der Waals surface area (Å²) in [6.45, 7) is 2.19. The highest BCUT2D eigenvalue weighted by Gasteiger charge is 2.42. The Morgan fingerprint density at radius 2 is 1.88 bits per heavy atom. The van der Waals surface area contributed by atoms with Crippen molar-refractivity contribution in [3.63, 3.8) is 0 Å². The molecule has 17 heavy (non-hydrogen) atoms. The molecule has 3 atom stereocenters. The van der Waals surface area contributed by atoms with E-state index in [4.69, 9.17) is 10.2 Å². The summed E-state index contributed by atoms with van der Waals surface area (Å²) in [6, 6.07) is 0. The first-order chi connectivity index (χ1) is 8.01. The minimum absolute atomic E-state index is 0.0933. The fraction of sp³-hybridized carbons (Fsp3) is 0.833. The van der Waals surface area contributed by atoms with E-state index in [9.17, 15) is 9.59 Å². The van der Waals surface area contributed by atoms with Gasteiger partial charge < -0.3 is 15.1 Å². The van der Waals surface area contributed by atoms with E-state index in [-0.39, 0.29) is 19.1 Å². The van der Waals surface area contributed by atoms with Gasteiger partial charge in [0, 0.05) is 13.6 Å². The lowest BCUT2D eigenvalue weighted by Crippen LogP contribution is -2.38. The van der Waals surface area contributed by atoms with Gasteiger partial charge in [-0.2, -0.15) is 0 Å². The quantitative estimate of drug-likeness (QED) is 0.740. The standard InChI is InChI=1S/C12H21NO4/c1-3-8-6-9(10(7-8)12(16)17)11(15)13(2)4-5-14/h8-10,14H,3-7H2,1-2H3,(H,16,17)/t8?,9-,10+/m0/s1. The number of carboxylic acids is 1. The van der Waals surface area contributed by atoms with Crippen LogP contribution in [0.15, 0.2) is 0 Å². The van der Waals surface area contributed by atoms with Crippen LogP contribution in [0, 0.1) is 17.8 Å². The summed E-state index contributed by atoms with van der Waals surface area (Å²) in [5, 5.41) is 17.9. The second-order valence-corrected chi connectivity index (χ2v) is 4.78. The molecule has 0 bridgehead atoms. The zero-order valence-electron chi connectivity index (χ0n) is 10.4. The molecule has 0 saturated heterocycles. The van der Waals surface area contributed by atoms with Crippen LogP contribution < -0.4 is 0 Å². The van der Waals surface area contributed by atoms with Crippen LogP contribution in [0.3, 0.4) is 0 Å². The molecule has 0 aromatic carbocycles. The van der Waals surface area contributed by atoms with E-state index < -0.39 is 17.8 Å². The molecule has 0 aromatic rings. The average Bonchev–Trinajstić information content (AvgIpc) is 2.72. The molecule has 1 aliphatic rings. The maximum Gasteiger partial charge on any atom is 0.307 e. The number of aliphatic hydroxyl groups excluding tert-OH is 1. The predicted molar refractivity (Wildman–Crippen MR) is 62.4 cm³/mol. The van der Waals surface area contributed by atoms with E-state index in [1.54, 1.807) is 7.05 Å². The highest BCUT2D eigenvalue weighted by Crippen LogP contribution is 2.39. The summed E-state index contributed by atoms with van der Waals surface area (Å²) in [5.41, 5.74) is 0. The van der Waals surface area contributed by atoms with Gasteiger partial charge in [0.25, 0.3) is 0 Å². The van der Waals surface area contributed by atoms with Crippen molar-refractivity contribution < 1.29 is 19.8 Å². The van der Waals surface area contributed by atoms with Crippen molar-refractivity contribution >= 4 is 11.9 Å². The van der Waals surface area contributed by atoms with Gasteiger partial charge in [0.2, 0.25) is 5.91 Å². The maximum absolute atomic E-state index is 12.1. The van der Waals surface area contributed by atoms with Crippen LogP contribution in [0.2, 0.25) is 0 Å². The molecule has 98 valence electrons. The summed E-state index contributed by atoms with van der Waals surface area (Å²) in [7, 11) is 1.61. The number of nitrogens with zero attached hydrogens (tertiary/aromatic N) is 1. The molecule has 0 spiro atoms. The lowest BCUT2D eigenvalue weighted by Gasteiger charge is -2.22. The minimum Gasteiger partial charge on any atom is -0.481 e. The Bertz CT molecular complexity index is 292. The lowest BCUT2D eigenvalue weighted by molar-refractivity contribution is -0.148. The van der Waals surface area contributed by atoms with E-state index in [2.05, 4.69) is 0 Å². The van der Waals surface area contributed by atoms with Gasteiger partial charge in [0.05, 0.1) is 18.4 Å². The molecule has 1 unspecified atom stereocenters. The van der Waals surface area contributed by atoms with Gasteiger partial charge in [0.1, 0.15) is 0 Å². The minimum atomic E-state index is -0.878. The van der Waals surface area contributed by atoms with Crippen molar-refractivity contribution in [2.45, 2.75) is 26.2 Å². The molecule has 0 heterocycles. The van der Waals surface area contributed by atoms with Crippen molar-refractivity contribution in [3.8, 4) is 0 Å². The first kappa shape index (κ1) is 14.0. The Hall–Kier alpha value is -1.10. The average molecular weight is 243 g/mol. The molecule has 1 fully saturated rings. The van der Waals surface area contributed by atoms with Crippen LogP contribution in [-0.4, -0.2) is 47.2 Å². The number of carboxylic acid groups (broad SMARTS) is 1. The topological polar surface area (TPSA) is 77.8 Å². The third-order valence-corrected chi connectivity index (χ3v) is 3.68. The Labute approximate surface area is 101 Å². The van der Waals surface area contributed by atoms with Gasteiger partial charge in [-0.05, 0) is 18.8 Å². The van der Waals surface area contributed by atoms with E-state index in [0.29, 0.717) is 18.8 Å². The third-order valence-electron chi connectivity index (χ3n) is 3.68. The number of rotatable bonds is 5. The van der Waals surface area contributed by atoms with Crippen molar-refractivity contribution in [3.05, 3.63) is 0 Å². The van der Waals surface area contributed by atoms with E-state index in [1.165, 1.54) is 4.90 Å². The molecule has 5 heteroatoms. The molecule has 1 aliphatic carbocycles. The first-order valence-corrected chi connectivity index (χ1v) is 6.09. The number of aliphatic hydroxyl groups is 1. The van der Waals surface area contributed by atoms with Crippen molar-refractivity contribution in [2.24, 2.45) is 17.8 Å². The van der Waals surface area contributed by atoms with Gasteiger partial charge >= 0.3 is 5.97 Å². The summed E-state index contributed by atoms with van der Waals surface area (Å²) in [6.07, 6.45) is 2.16. The summed E-state index contributed by atoms with van der Waals surface area (Å²) in [4.78, 5) is 24.6. The molecule has 1 saturated carbocycles. The number of aliphatic carboxylic acids is 1. The molecule has 0 aromatic heterocycles. The fourth-order valence-corrected chi connectivity index (χ4v) is 2.57. The van der Waals surface area contributed by atoms with Crippen molar-refractivity contribution in [1.82, 2.24) is 4.90 Å². The Morgan fingerprint density at radius 1 is 1.29 bits per heavy atom. The van der Waals surface area contributed by atoms with Crippen LogP contribution in [0.5, 0.6) is 0 Å². The van der Waals surface area contributed by atoms with Crippen molar-refractivity contribution in [1.29, 1.82) is 0 Å². The summed E-state index contributed by atoms with van der Waals surface area (Å²) in [5.74, 6) is -1.69. The largest absolute Gasteiger partial charge is 0.481 e. The zero-order valence-corrected chi connectivity index (χ0v) is 10.4. The lowest BCUT2D eigenvalue weighted by atomic mass is 9.95. The third kappa shape index (κ3) is 3.19. The Balaban J connectivity index is 2.72. The SMILES string of the molecule is CCC1C[C@H](C(=O)N(C)CCO)[C@H](C(=O)O)C1. The highest BCUT2D eigenvalue weighted by atomic mass is 16.4.